The smallest absolute Gasteiger partial charge is 0.0796 e. The lowest BCUT2D eigenvalue weighted by Gasteiger charge is -2.22. The Morgan fingerprint density at radius 2 is 1.60 bits per heavy atom. The number of hydrogen-bond donors (Lipinski definition) is 1. The predicted octanol–water partition coefficient (Wildman–Crippen LogP) is 5.07. The van der Waals surface area contributed by atoms with Gasteiger partial charge in [-0.2, -0.15) is 0 Å². The van der Waals surface area contributed by atoms with E-state index in [2.05, 4.69) is 37.9 Å². The van der Waals surface area contributed by atoms with Crippen LogP contribution < -0.4 is 5.32 Å². The van der Waals surface area contributed by atoms with E-state index in [0.717, 1.165) is 34.2 Å². The topological polar surface area (TPSA) is 15.3 Å². The lowest BCUT2D eigenvalue weighted by atomic mass is 9.97. The molecule has 1 rings (SSSR count). The summed E-state index contributed by atoms with van der Waals surface area (Å²) >= 11 is 10.7. The van der Waals surface area contributed by atoms with E-state index in [9.17, 15) is 0 Å². The SMILES string of the molecule is CCCN(CCC)CCCNc1c(C(C)C)c(=S)c1=S. The zero-order chi connectivity index (χ0) is 15.1. The third-order valence-electron chi connectivity index (χ3n) is 3.56. The Hall–Kier alpha value is -0.320. The van der Waals surface area contributed by atoms with Gasteiger partial charge in [0.25, 0.3) is 0 Å². The molecule has 0 aliphatic carbocycles. The van der Waals surface area contributed by atoms with Crippen molar-refractivity contribution in [1.82, 2.24) is 4.90 Å². The van der Waals surface area contributed by atoms with Gasteiger partial charge < -0.3 is 10.2 Å². The van der Waals surface area contributed by atoms with Crippen LogP contribution >= 0.6 is 24.4 Å². The van der Waals surface area contributed by atoms with Crippen molar-refractivity contribution in [3.05, 3.63) is 14.6 Å². The molecule has 0 bridgehead atoms. The molecular formula is C16H28N2S2. The van der Waals surface area contributed by atoms with Gasteiger partial charge in [-0.05, 0) is 50.4 Å². The molecule has 0 aromatic heterocycles. The van der Waals surface area contributed by atoms with E-state index >= 15 is 0 Å². The minimum absolute atomic E-state index is 0.466. The van der Waals surface area contributed by atoms with Gasteiger partial charge in [0, 0.05) is 6.54 Å². The van der Waals surface area contributed by atoms with E-state index in [0.29, 0.717) is 5.92 Å². The standard InChI is InChI=1S/C16H28N2S2/c1-5-9-18(10-6-2)11-7-8-17-14-13(12(3)4)15(19)16(14)20/h12,17H,5-11H2,1-4H3. The second kappa shape index (κ2) is 8.85. The Kier molecular flexibility index (Phi) is 7.85. The van der Waals surface area contributed by atoms with Crippen LogP contribution in [0.4, 0.5) is 5.69 Å². The van der Waals surface area contributed by atoms with Crippen LogP contribution in [0.15, 0.2) is 0 Å². The highest BCUT2D eigenvalue weighted by Gasteiger charge is 2.16. The molecule has 0 radical (unpaired) electrons. The molecule has 0 unspecified atom stereocenters. The first-order valence-corrected chi connectivity index (χ1v) is 8.63. The Labute approximate surface area is 134 Å². The van der Waals surface area contributed by atoms with Crippen molar-refractivity contribution in [2.75, 3.05) is 31.5 Å². The molecule has 0 spiro atoms. The van der Waals surface area contributed by atoms with Gasteiger partial charge in [-0.3, -0.25) is 0 Å². The fourth-order valence-electron chi connectivity index (χ4n) is 2.62. The Bertz CT molecular complexity index is 467. The number of nitrogens with one attached hydrogen (secondary N) is 1. The van der Waals surface area contributed by atoms with Crippen LogP contribution in [-0.2, 0) is 0 Å². The first-order chi connectivity index (χ1) is 9.52. The van der Waals surface area contributed by atoms with E-state index in [4.69, 9.17) is 24.4 Å². The molecule has 4 heteroatoms. The number of anilines is 1. The summed E-state index contributed by atoms with van der Waals surface area (Å²) in [6, 6.07) is 0. The zero-order valence-corrected chi connectivity index (χ0v) is 14.9. The van der Waals surface area contributed by atoms with Gasteiger partial charge in [-0.1, -0.05) is 52.1 Å². The van der Waals surface area contributed by atoms with E-state index in [-0.39, 0.29) is 0 Å². The Morgan fingerprint density at radius 3 is 2.10 bits per heavy atom. The van der Waals surface area contributed by atoms with Crippen molar-refractivity contribution in [1.29, 1.82) is 0 Å². The van der Waals surface area contributed by atoms with Gasteiger partial charge in [-0.15, -0.1) is 0 Å². The van der Waals surface area contributed by atoms with Gasteiger partial charge in [-0.25, -0.2) is 0 Å². The average molecular weight is 313 g/mol. The van der Waals surface area contributed by atoms with Gasteiger partial charge in [0.1, 0.15) is 0 Å². The lowest BCUT2D eigenvalue weighted by molar-refractivity contribution is 0.274. The Morgan fingerprint density at radius 1 is 1.00 bits per heavy atom. The second-order valence-electron chi connectivity index (χ2n) is 5.72. The van der Waals surface area contributed by atoms with Crippen LogP contribution in [0.2, 0.25) is 0 Å². The van der Waals surface area contributed by atoms with Crippen molar-refractivity contribution in [3.63, 3.8) is 0 Å². The van der Waals surface area contributed by atoms with E-state index in [1.54, 1.807) is 0 Å². The maximum Gasteiger partial charge on any atom is 0.0796 e. The van der Waals surface area contributed by atoms with Gasteiger partial charge in [0.2, 0.25) is 0 Å². The van der Waals surface area contributed by atoms with E-state index < -0.39 is 0 Å². The van der Waals surface area contributed by atoms with Crippen LogP contribution in [0, 0.1) is 9.02 Å². The monoisotopic (exact) mass is 312 g/mol. The Balaban J connectivity index is 2.40. The molecule has 0 aliphatic heterocycles. The van der Waals surface area contributed by atoms with E-state index in [1.807, 2.05) is 0 Å². The summed E-state index contributed by atoms with van der Waals surface area (Å²) in [5.74, 6) is 0.466. The minimum atomic E-state index is 0.466. The summed E-state index contributed by atoms with van der Waals surface area (Å²) in [6.07, 6.45) is 3.62. The maximum atomic E-state index is 5.34. The lowest BCUT2D eigenvalue weighted by Crippen LogP contribution is -2.28. The zero-order valence-electron chi connectivity index (χ0n) is 13.3. The average Bonchev–Trinajstić information content (AvgIpc) is 2.41. The number of nitrogens with zero attached hydrogens (tertiary/aromatic N) is 1. The molecule has 2 nitrogen and oxygen atoms in total. The molecule has 1 aromatic rings. The van der Waals surface area contributed by atoms with Crippen LogP contribution in [0.3, 0.4) is 0 Å². The molecule has 114 valence electrons. The molecule has 0 atom stereocenters. The van der Waals surface area contributed by atoms with Crippen molar-refractivity contribution in [2.24, 2.45) is 0 Å². The number of rotatable bonds is 10. The number of hydrogen-bond acceptors (Lipinski definition) is 4. The molecule has 0 amide bonds. The van der Waals surface area contributed by atoms with Gasteiger partial charge in [0.15, 0.2) is 0 Å². The van der Waals surface area contributed by atoms with Crippen molar-refractivity contribution in [3.8, 4) is 0 Å². The highest BCUT2D eigenvalue weighted by Crippen LogP contribution is 2.32. The van der Waals surface area contributed by atoms with Crippen molar-refractivity contribution >= 4 is 30.1 Å². The summed E-state index contributed by atoms with van der Waals surface area (Å²) in [6.45, 7) is 13.4. The van der Waals surface area contributed by atoms with E-state index in [1.165, 1.54) is 31.5 Å². The third kappa shape index (κ3) is 4.61. The summed E-state index contributed by atoms with van der Waals surface area (Å²) in [5, 5.41) is 3.49. The fraction of sp³-hybridized carbons (Fsp3) is 0.750. The molecule has 0 heterocycles. The molecule has 0 aliphatic rings. The molecule has 0 fully saturated rings. The fourth-order valence-corrected chi connectivity index (χ4v) is 3.35. The van der Waals surface area contributed by atoms with Crippen LogP contribution in [0.25, 0.3) is 0 Å². The van der Waals surface area contributed by atoms with Crippen LogP contribution in [0.5, 0.6) is 0 Å². The summed E-state index contributed by atoms with van der Waals surface area (Å²) in [5.41, 5.74) is 2.39. The van der Waals surface area contributed by atoms with Crippen LogP contribution in [-0.4, -0.2) is 31.1 Å². The molecule has 0 saturated carbocycles. The van der Waals surface area contributed by atoms with Gasteiger partial charge in [0.05, 0.1) is 14.7 Å². The maximum absolute atomic E-state index is 5.34. The van der Waals surface area contributed by atoms with Crippen molar-refractivity contribution in [2.45, 2.75) is 52.9 Å². The second-order valence-corrected chi connectivity index (χ2v) is 6.54. The normalized spacial score (nSPS) is 11.7. The highest BCUT2D eigenvalue weighted by molar-refractivity contribution is 7.74. The molecule has 1 N–H and O–H groups in total. The molecular weight excluding hydrogens is 284 g/mol. The van der Waals surface area contributed by atoms with Crippen LogP contribution in [0.1, 0.15) is 58.4 Å². The summed E-state index contributed by atoms with van der Waals surface area (Å²) in [7, 11) is 0. The quantitative estimate of drug-likeness (QED) is 0.479. The highest BCUT2D eigenvalue weighted by atomic mass is 32.1. The largest absolute Gasteiger partial charge is 0.384 e. The van der Waals surface area contributed by atoms with Crippen molar-refractivity contribution < 1.29 is 0 Å². The third-order valence-corrected chi connectivity index (χ3v) is 4.52. The molecule has 1 aromatic carbocycles. The first kappa shape index (κ1) is 17.7. The summed E-state index contributed by atoms with van der Waals surface area (Å²) < 4.78 is 1.76. The predicted molar refractivity (Wildman–Crippen MR) is 94.7 cm³/mol. The molecule has 0 saturated heterocycles. The minimum Gasteiger partial charge on any atom is -0.384 e. The summed E-state index contributed by atoms with van der Waals surface area (Å²) in [4.78, 5) is 2.54. The van der Waals surface area contributed by atoms with Gasteiger partial charge >= 0.3 is 0 Å². The first-order valence-electron chi connectivity index (χ1n) is 7.82. The molecule has 20 heavy (non-hydrogen) atoms.